The first kappa shape index (κ1) is 18.9. The van der Waals surface area contributed by atoms with Crippen LogP contribution in [0.1, 0.15) is 21.5 Å². The molecular formula is C21H19ClFN3O. The van der Waals surface area contributed by atoms with Gasteiger partial charge in [0.25, 0.3) is 5.91 Å². The lowest BCUT2D eigenvalue weighted by atomic mass is 10.1. The minimum atomic E-state index is -0.238. The van der Waals surface area contributed by atoms with Gasteiger partial charge in [0.15, 0.2) is 0 Å². The molecule has 0 unspecified atom stereocenters. The largest absolute Gasteiger partial charge is 0.370 e. The van der Waals surface area contributed by atoms with E-state index in [1.54, 1.807) is 36.4 Å². The van der Waals surface area contributed by atoms with Crippen LogP contribution in [0.3, 0.4) is 0 Å². The Labute approximate surface area is 162 Å². The van der Waals surface area contributed by atoms with Gasteiger partial charge in [0.2, 0.25) is 0 Å². The zero-order valence-corrected chi connectivity index (χ0v) is 15.3. The molecular weight excluding hydrogens is 365 g/mol. The van der Waals surface area contributed by atoms with Gasteiger partial charge < -0.3 is 10.6 Å². The normalized spacial score (nSPS) is 10.4. The van der Waals surface area contributed by atoms with Gasteiger partial charge in [-0.2, -0.15) is 0 Å². The fraction of sp³-hybridized carbons (Fsp3) is 0.143. The van der Waals surface area contributed by atoms with Crippen LogP contribution in [0.5, 0.6) is 0 Å². The van der Waals surface area contributed by atoms with Crippen molar-refractivity contribution < 1.29 is 9.18 Å². The summed E-state index contributed by atoms with van der Waals surface area (Å²) in [6.45, 7) is 1.09. The standard InChI is InChI=1S/C21H19ClFN3O/c22-18-6-1-16(2-7-18)13-26-21(27)17-5-10-20(25-14-17)24-12-11-15-3-8-19(23)9-4-15/h1-10,14H,11-13H2,(H,24,25)(H,26,27). The molecule has 0 bridgehead atoms. The molecule has 3 aromatic rings. The Morgan fingerprint density at radius 1 is 0.963 bits per heavy atom. The van der Waals surface area contributed by atoms with Crippen molar-refractivity contribution in [3.8, 4) is 0 Å². The van der Waals surface area contributed by atoms with Crippen molar-refractivity contribution in [3.63, 3.8) is 0 Å². The van der Waals surface area contributed by atoms with Crippen molar-refractivity contribution in [2.45, 2.75) is 13.0 Å². The van der Waals surface area contributed by atoms with E-state index in [1.165, 1.54) is 18.3 Å². The maximum absolute atomic E-state index is 12.9. The van der Waals surface area contributed by atoms with Crippen molar-refractivity contribution in [1.82, 2.24) is 10.3 Å². The van der Waals surface area contributed by atoms with Gasteiger partial charge in [0.1, 0.15) is 11.6 Å². The van der Waals surface area contributed by atoms with E-state index in [1.807, 2.05) is 12.1 Å². The number of nitrogens with one attached hydrogen (secondary N) is 2. The number of benzene rings is 2. The molecule has 0 fully saturated rings. The molecule has 0 saturated heterocycles. The SMILES string of the molecule is O=C(NCc1ccc(Cl)cc1)c1ccc(NCCc2ccc(F)cc2)nc1. The van der Waals surface area contributed by atoms with Crippen LogP contribution < -0.4 is 10.6 Å². The molecule has 0 aliphatic rings. The van der Waals surface area contributed by atoms with Gasteiger partial charge in [0.05, 0.1) is 5.56 Å². The summed E-state index contributed by atoms with van der Waals surface area (Å²) in [7, 11) is 0. The number of amides is 1. The average Bonchev–Trinajstić information content (AvgIpc) is 2.69. The molecule has 27 heavy (non-hydrogen) atoms. The third kappa shape index (κ3) is 5.79. The van der Waals surface area contributed by atoms with Gasteiger partial charge in [-0.05, 0) is 53.9 Å². The number of pyridine rings is 1. The van der Waals surface area contributed by atoms with Gasteiger partial charge >= 0.3 is 0 Å². The Bertz CT molecular complexity index is 881. The molecule has 0 radical (unpaired) electrons. The highest BCUT2D eigenvalue weighted by Crippen LogP contribution is 2.10. The molecule has 2 aromatic carbocycles. The first-order valence-electron chi connectivity index (χ1n) is 8.57. The fourth-order valence-corrected chi connectivity index (χ4v) is 2.63. The van der Waals surface area contributed by atoms with Gasteiger partial charge in [-0.25, -0.2) is 9.37 Å². The smallest absolute Gasteiger partial charge is 0.253 e. The van der Waals surface area contributed by atoms with E-state index in [0.29, 0.717) is 29.5 Å². The maximum atomic E-state index is 12.9. The Balaban J connectivity index is 1.46. The molecule has 1 aromatic heterocycles. The van der Waals surface area contributed by atoms with E-state index < -0.39 is 0 Å². The van der Waals surface area contributed by atoms with E-state index >= 15 is 0 Å². The molecule has 6 heteroatoms. The summed E-state index contributed by atoms with van der Waals surface area (Å²) in [5, 5.41) is 6.70. The Kier molecular flexibility index (Phi) is 6.39. The van der Waals surface area contributed by atoms with Crippen LogP contribution in [-0.4, -0.2) is 17.4 Å². The van der Waals surface area contributed by atoms with Crippen LogP contribution in [0, 0.1) is 5.82 Å². The summed E-state index contributed by atoms with van der Waals surface area (Å²) < 4.78 is 12.9. The molecule has 0 atom stereocenters. The number of aromatic nitrogens is 1. The van der Waals surface area contributed by atoms with E-state index in [4.69, 9.17) is 11.6 Å². The van der Waals surface area contributed by atoms with Gasteiger partial charge in [0, 0.05) is 24.3 Å². The van der Waals surface area contributed by atoms with Crippen molar-refractivity contribution in [3.05, 3.63) is 94.4 Å². The second kappa shape index (κ2) is 9.14. The predicted molar refractivity (Wildman–Crippen MR) is 105 cm³/mol. The molecule has 0 aliphatic heterocycles. The highest BCUT2D eigenvalue weighted by atomic mass is 35.5. The number of carbonyl (C=O) groups is 1. The molecule has 2 N–H and O–H groups in total. The minimum absolute atomic E-state index is 0.185. The van der Waals surface area contributed by atoms with Crippen LogP contribution >= 0.6 is 11.6 Å². The quantitative estimate of drug-likeness (QED) is 0.633. The molecule has 1 amide bonds. The topological polar surface area (TPSA) is 54.0 Å². The van der Waals surface area contributed by atoms with Crippen molar-refractivity contribution in [1.29, 1.82) is 0 Å². The van der Waals surface area contributed by atoms with Gasteiger partial charge in [-0.3, -0.25) is 4.79 Å². The number of nitrogens with zero attached hydrogens (tertiary/aromatic N) is 1. The van der Waals surface area contributed by atoms with Crippen molar-refractivity contribution in [2.75, 3.05) is 11.9 Å². The van der Waals surface area contributed by atoms with Crippen LogP contribution in [0.4, 0.5) is 10.2 Å². The average molecular weight is 384 g/mol. The third-order valence-electron chi connectivity index (χ3n) is 4.03. The van der Waals surface area contributed by atoms with Gasteiger partial charge in [-0.1, -0.05) is 35.9 Å². The van der Waals surface area contributed by atoms with Crippen molar-refractivity contribution >= 4 is 23.3 Å². The van der Waals surface area contributed by atoms with Crippen molar-refractivity contribution in [2.24, 2.45) is 0 Å². The molecule has 3 rings (SSSR count). The Morgan fingerprint density at radius 3 is 2.33 bits per heavy atom. The number of rotatable bonds is 7. The number of anilines is 1. The van der Waals surface area contributed by atoms with Crippen LogP contribution in [-0.2, 0) is 13.0 Å². The second-order valence-electron chi connectivity index (χ2n) is 6.04. The fourth-order valence-electron chi connectivity index (χ4n) is 2.51. The summed E-state index contributed by atoms with van der Waals surface area (Å²) in [6, 6.07) is 17.2. The molecule has 4 nitrogen and oxygen atoms in total. The minimum Gasteiger partial charge on any atom is -0.370 e. The van der Waals surface area contributed by atoms with E-state index in [-0.39, 0.29) is 11.7 Å². The lowest BCUT2D eigenvalue weighted by Gasteiger charge is -2.08. The lowest BCUT2D eigenvalue weighted by molar-refractivity contribution is 0.0950. The summed E-state index contributed by atoms with van der Waals surface area (Å²) in [5.74, 6) is 0.264. The number of hydrogen-bond acceptors (Lipinski definition) is 3. The van der Waals surface area contributed by atoms with Crippen LogP contribution in [0.15, 0.2) is 66.9 Å². The second-order valence-corrected chi connectivity index (χ2v) is 6.48. The summed E-state index contributed by atoms with van der Waals surface area (Å²) in [4.78, 5) is 16.5. The highest BCUT2D eigenvalue weighted by Gasteiger charge is 2.06. The van der Waals surface area contributed by atoms with E-state index in [0.717, 1.165) is 17.5 Å². The zero-order chi connectivity index (χ0) is 19.1. The maximum Gasteiger partial charge on any atom is 0.253 e. The molecule has 138 valence electrons. The predicted octanol–water partition coefficient (Wildman–Crippen LogP) is 4.46. The Hall–Kier alpha value is -2.92. The molecule has 0 aliphatic carbocycles. The molecule has 1 heterocycles. The zero-order valence-electron chi connectivity index (χ0n) is 14.6. The van der Waals surface area contributed by atoms with Crippen LogP contribution in [0.25, 0.3) is 0 Å². The third-order valence-corrected chi connectivity index (χ3v) is 4.28. The first-order chi connectivity index (χ1) is 13.1. The first-order valence-corrected chi connectivity index (χ1v) is 8.95. The summed E-state index contributed by atoms with van der Waals surface area (Å²) >= 11 is 5.85. The van der Waals surface area contributed by atoms with Crippen LogP contribution in [0.2, 0.25) is 5.02 Å². The number of halogens is 2. The Morgan fingerprint density at radius 2 is 1.67 bits per heavy atom. The molecule has 0 spiro atoms. The highest BCUT2D eigenvalue weighted by molar-refractivity contribution is 6.30. The monoisotopic (exact) mass is 383 g/mol. The number of carbonyl (C=O) groups excluding carboxylic acids is 1. The van der Waals surface area contributed by atoms with Gasteiger partial charge in [-0.15, -0.1) is 0 Å². The lowest BCUT2D eigenvalue weighted by Crippen LogP contribution is -2.23. The summed E-state index contributed by atoms with van der Waals surface area (Å²) in [5.41, 5.74) is 2.51. The van der Waals surface area contributed by atoms with E-state index in [2.05, 4.69) is 15.6 Å². The summed E-state index contributed by atoms with van der Waals surface area (Å²) in [6.07, 6.45) is 2.29. The number of hydrogen-bond donors (Lipinski definition) is 2. The van der Waals surface area contributed by atoms with E-state index in [9.17, 15) is 9.18 Å². The molecule has 0 saturated carbocycles.